The van der Waals surface area contributed by atoms with Gasteiger partial charge in [0.25, 0.3) is 0 Å². The lowest BCUT2D eigenvalue weighted by Crippen LogP contribution is -2.24. The van der Waals surface area contributed by atoms with Gasteiger partial charge in [0.05, 0.1) is 13.2 Å². The van der Waals surface area contributed by atoms with Gasteiger partial charge in [-0.25, -0.2) is 0 Å². The highest BCUT2D eigenvalue weighted by molar-refractivity contribution is 4.97. The van der Waals surface area contributed by atoms with Gasteiger partial charge in [-0.3, -0.25) is 0 Å². The van der Waals surface area contributed by atoms with E-state index in [1.165, 1.54) is 38.5 Å². The van der Waals surface area contributed by atoms with E-state index in [-0.39, 0.29) is 6.29 Å². The molecular formula is C20H36O2. The summed E-state index contributed by atoms with van der Waals surface area (Å²) in [6.07, 6.45) is 13.8. The highest BCUT2D eigenvalue weighted by atomic mass is 16.7. The van der Waals surface area contributed by atoms with Crippen molar-refractivity contribution < 1.29 is 9.47 Å². The Kier molecular flexibility index (Phi) is 6.21. The molecule has 5 atom stereocenters. The number of rotatable bonds is 8. The Balaban J connectivity index is 1.19. The van der Waals surface area contributed by atoms with E-state index in [9.17, 15) is 0 Å². The molecule has 1 heterocycles. The summed E-state index contributed by atoms with van der Waals surface area (Å²) in [5, 5.41) is 0. The van der Waals surface area contributed by atoms with Crippen molar-refractivity contribution in [2.75, 3.05) is 13.2 Å². The zero-order chi connectivity index (χ0) is 15.4. The van der Waals surface area contributed by atoms with Crippen LogP contribution < -0.4 is 0 Å². The van der Waals surface area contributed by atoms with Gasteiger partial charge < -0.3 is 9.47 Å². The van der Waals surface area contributed by atoms with E-state index in [1.54, 1.807) is 12.8 Å². The van der Waals surface area contributed by atoms with E-state index in [4.69, 9.17) is 9.47 Å². The number of hydrogen-bond acceptors (Lipinski definition) is 2. The van der Waals surface area contributed by atoms with Crippen molar-refractivity contribution in [2.24, 2.45) is 29.6 Å². The molecular weight excluding hydrogens is 272 g/mol. The summed E-state index contributed by atoms with van der Waals surface area (Å²) < 4.78 is 11.2. The molecule has 0 aromatic heterocycles. The van der Waals surface area contributed by atoms with Gasteiger partial charge in [0.15, 0.2) is 6.29 Å². The minimum atomic E-state index is 0.103. The summed E-state index contributed by atoms with van der Waals surface area (Å²) >= 11 is 0. The van der Waals surface area contributed by atoms with E-state index in [0.29, 0.717) is 0 Å². The molecule has 3 aliphatic rings. The zero-order valence-corrected chi connectivity index (χ0v) is 14.8. The summed E-state index contributed by atoms with van der Waals surface area (Å²) in [6.45, 7) is 6.79. The van der Waals surface area contributed by atoms with Crippen molar-refractivity contribution in [2.45, 2.75) is 84.3 Å². The van der Waals surface area contributed by atoms with Crippen molar-refractivity contribution in [3.05, 3.63) is 0 Å². The van der Waals surface area contributed by atoms with E-state index in [2.05, 4.69) is 13.8 Å². The standard InChI is InChI=1S/C20H36O2/c1-15-16(2)19-14-18(15)13-17(19)9-6-4-3-5-7-10-20-21-11-8-12-22-20/h15-20H,3-14H2,1-2H3. The predicted octanol–water partition coefficient (Wildman–Crippen LogP) is 5.41. The van der Waals surface area contributed by atoms with Crippen molar-refractivity contribution in [3.8, 4) is 0 Å². The minimum absolute atomic E-state index is 0.103. The second-order valence-electron chi connectivity index (χ2n) is 8.24. The van der Waals surface area contributed by atoms with Crippen molar-refractivity contribution in [1.29, 1.82) is 0 Å². The van der Waals surface area contributed by atoms with E-state index >= 15 is 0 Å². The molecule has 2 heteroatoms. The summed E-state index contributed by atoms with van der Waals surface area (Å²) in [5.74, 6) is 5.21. The van der Waals surface area contributed by atoms with Crippen LogP contribution >= 0.6 is 0 Å². The summed E-state index contributed by atoms with van der Waals surface area (Å²) in [7, 11) is 0. The molecule has 0 spiro atoms. The third kappa shape index (κ3) is 4.06. The number of fused-ring (bicyclic) bond motifs is 2. The van der Waals surface area contributed by atoms with Crippen LogP contribution in [0.4, 0.5) is 0 Å². The third-order valence-electron chi connectivity index (χ3n) is 6.95. The SMILES string of the molecule is CC1C2CC(CCCCCCCC3OCCCO3)C(C2)C1C. The van der Waals surface area contributed by atoms with E-state index in [1.807, 2.05) is 0 Å². The molecule has 0 radical (unpaired) electrons. The fourth-order valence-corrected chi connectivity index (χ4v) is 5.38. The quantitative estimate of drug-likeness (QED) is 0.558. The van der Waals surface area contributed by atoms with Crippen LogP contribution in [0.2, 0.25) is 0 Å². The lowest BCUT2D eigenvalue weighted by atomic mass is 9.74. The smallest absolute Gasteiger partial charge is 0.157 e. The van der Waals surface area contributed by atoms with Gasteiger partial charge in [-0.2, -0.15) is 0 Å². The number of ether oxygens (including phenoxy) is 2. The molecule has 3 fully saturated rings. The molecule has 128 valence electrons. The van der Waals surface area contributed by atoms with E-state index in [0.717, 1.165) is 55.6 Å². The van der Waals surface area contributed by atoms with Crippen LogP contribution in [0.25, 0.3) is 0 Å². The molecule has 2 saturated carbocycles. The van der Waals surface area contributed by atoms with Crippen molar-refractivity contribution >= 4 is 0 Å². The molecule has 1 saturated heterocycles. The number of unbranched alkanes of at least 4 members (excludes halogenated alkanes) is 4. The first kappa shape index (κ1) is 16.8. The highest BCUT2D eigenvalue weighted by Gasteiger charge is 2.47. The van der Waals surface area contributed by atoms with Gasteiger partial charge in [0, 0.05) is 0 Å². The van der Waals surface area contributed by atoms with Crippen LogP contribution in [-0.4, -0.2) is 19.5 Å². The molecule has 2 aliphatic carbocycles. The summed E-state index contributed by atoms with van der Waals surface area (Å²) in [4.78, 5) is 0. The molecule has 22 heavy (non-hydrogen) atoms. The van der Waals surface area contributed by atoms with Gasteiger partial charge in [-0.05, 0) is 61.7 Å². The summed E-state index contributed by atoms with van der Waals surface area (Å²) in [6, 6.07) is 0. The fraction of sp³-hybridized carbons (Fsp3) is 1.00. The minimum Gasteiger partial charge on any atom is -0.353 e. The second kappa shape index (κ2) is 8.15. The Morgan fingerprint density at radius 2 is 1.45 bits per heavy atom. The van der Waals surface area contributed by atoms with Crippen molar-refractivity contribution in [3.63, 3.8) is 0 Å². The molecule has 5 unspecified atom stereocenters. The number of hydrogen-bond donors (Lipinski definition) is 0. The van der Waals surface area contributed by atoms with Gasteiger partial charge in [0.1, 0.15) is 0 Å². The van der Waals surface area contributed by atoms with Gasteiger partial charge in [-0.15, -0.1) is 0 Å². The second-order valence-corrected chi connectivity index (χ2v) is 8.24. The third-order valence-corrected chi connectivity index (χ3v) is 6.95. The van der Waals surface area contributed by atoms with Crippen LogP contribution in [-0.2, 0) is 9.47 Å². The molecule has 0 N–H and O–H groups in total. The Bertz CT molecular complexity index is 322. The first-order valence-electron chi connectivity index (χ1n) is 9.99. The molecule has 2 bridgehead atoms. The summed E-state index contributed by atoms with van der Waals surface area (Å²) in [5.41, 5.74) is 0. The maximum Gasteiger partial charge on any atom is 0.157 e. The van der Waals surface area contributed by atoms with Gasteiger partial charge in [-0.1, -0.05) is 46.0 Å². The molecule has 2 nitrogen and oxygen atoms in total. The van der Waals surface area contributed by atoms with Gasteiger partial charge >= 0.3 is 0 Å². The average molecular weight is 309 g/mol. The maximum absolute atomic E-state index is 5.60. The highest BCUT2D eigenvalue weighted by Crippen LogP contribution is 2.56. The molecule has 0 amide bonds. The lowest BCUT2D eigenvalue weighted by Gasteiger charge is -2.31. The van der Waals surface area contributed by atoms with E-state index < -0.39 is 0 Å². The Labute approximate surface area is 137 Å². The first-order chi connectivity index (χ1) is 10.8. The topological polar surface area (TPSA) is 18.5 Å². The van der Waals surface area contributed by atoms with Crippen molar-refractivity contribution in [1.82, 2.24) is 0 Å². The van der Waals surface area contributed by atoms with Crippen LogP contribution in [0.15, 0.2) is 0 Å². The molecule has 3 rings (SSSR count). The Morgan fingerprint density at radius 3 is 2.14 bits per heavy atom. The van der Waals surface area contributed by atoms with Crippen LogP contribution in [0, 0.1) is 29.6 Å². The molecule has 0 aromatic rings. The Morgan fingerprint density at radius 1 is 0.773 bits per heavy atom. The Hall–Kier alpha value is -0.0800. The molecule has 0 aromatic carbocycles. The van der Waals surface area contributed by atoms with Crippen LogP contribution in [0.3, 0.4) is 0 Å². The van der Waals surface area contributed by atoms with Crippen LogP contribution in [0.1, 0.15) is 78.1 Å². The van der Waals surface area contributed by atoms with Gasteiger partial charge in [0.2, 0.25) is 0 Å². The van der Waals surface area contributed by atoms with Crippen LogP contribution in [0.5, 0.6) is 0 Å². The average Bonchev–Trinajstić information content (AvgIpc) is 3.08. The lowest BCUT2D eigenvalue weighted by molar-refractivity contribution is -0.181. The fourth-order valence-electron chi connectivity index (χ4n) is 5.38. The molecule has 1 aliphatic heterocycles. The normalized spacial score (nSPS) is 38.7. The zero-order valence-electron chi connectivity index (χ0n) is 14.8. The predicted molar refractivity (Wildman–Crippen MR) is 90.7 cm³/mol. The largest absolute Gasteiger partial charge is 0.353 e. The first-order valence-corrected chi connectivity index (χ1v) is 9.99. The monoisotopic (exact) mass is 308 g/mol. The maximum atomic E-state index is 5.60.